The molecule has 1 saturated heterocycles. The number of halogens is 3. The van der Waals surface area contributed by atoms with E-state index in [1.807, 2.05) is 37.3 Å². The normalized spacial score (nSPS) is 19.7. The van der Waals surface area contributed by atoms with Gasteiger partial charge in [-0.2, -0.15) is 13.2 Å². The van der Waals surface area contributed by atoms with Crippen LogP contribution in [0.1, 0.15) is 29.3 Å². The number of carbonyl (C=O) groups is 2. The lowest BCUT2D eigenvalue weighted by Crippen LogP contribution is -2.36. The van der Waals surface area contributed by atoms with E-state index in [0.29, 0.717) is 6.42 Å². The van der Waals surface area contributed by atoms with Gasteiger partial charge < -0.3 is 4.74 Å². The maximum Gasteiger partial charge on any atom is 0.416 e. The fourth-order valence-corrected chi connectivity index (χ4v) is 3.05. The molecule has 1 heterocycles. The minimum Gasteiger partial charge on any atom is -0.462 e. The predicted octanol–water partition coefficient (Wildman–Crippen LogP) is 3.81. The number of hydrogen-bond donors (Lipinski definition) is 1. The van der Waals surface area contributed by atoms with Crippen molar-refractivity contribution in [3.8, 4) is 0 Å². The standard InChI is InChI=1S/C20H19F3N2O3/c1-13-17(18(26)25(24-13)16-5-3-2-4-6-16)11-12-28-19(27)14-7-9-15(10-8-14)20(21,22)23/h2-10,13,17,24H,11-12H2,1H3. The number of amides is 1. The quantitative estimate of drug-likeness (QED) is 0.787. The van der Waals surface area contributed by atoms with Gasteiger partial charge in [0.05, 0.1) is 29.3 Å². The molecule has 8 heteroatoms. The first-order chi connectivity index (χ1) is 13.3. The molecule has 0 spiro atoms. The number of nitrogens with zero attached hydrogens (tertiary/aromatic N) is 1. The van der Waals surface area contributed by atoms with Gasteiger partial charge in [0.2, 0.25) is 5.91 Å². The van der Waals surface area contributed by atoms with E-state index in [2.05, 4.69) is 5.43 Å². The molecule has 1 amide bonds. The fourth-order valence-electron chi connectivity index (χ4n) is 3.05. The number of alkyl halides is 3. The first kappa shape index (κ1) is 19.9. The Bertz CT molecular complexity index is 838. The minimum absolute atomic E-state index is 0.00902. The number of para-hydroxylation sites is 1. The number of anilines is 1. The zero-order valence-corrected chi connectivity index (χ0v) is 15.1. The van der Waals surface area contributed by atoms with Crippen molar-refractivity contribution in [1.82, 2.24) is 5.43 Å². The van der Waals surface area contributed by atoms with Gasteiger partial charge in [0, 0.05) is 6.04 Å². The topological polar surface area (TPSA) is 58.6 Å². The first-order valence-corrected chi connectivity index (χ1v) is 8.77. The maximum atomic E-state index is 12.6. The van der Waals surface area contributed by atoms with E-state index in [0.717, 1.165) is 30.0 Å². The lowest BCUT2D eigenvalue weighted by molar-refractivity contribution is -0.137. The van der Waals surface area contributed by atoms with Crippen LogP contribution in [-0.2, 0) is 15.7 Å². The summed E-state index contributed by atoms with van der Waals surface area (Å²) in [7, 11) is 0. The third-order valence-corrected chi connectivity index (χ3v) is 4.60. The summed E-state index contributed by atoms with van der Waals surface area (Å²) in [4.78, 5) is 24.6. The molecule has 28 heavy (non-hydrogen) atoms. The van der Waals surface area contributed by atoms with Crippen molar-refractivity contribution >= 4 is 17.6 Å². The van der Waals surface area contributed by atoms with E-state index in [4.69, 9.17) is 4.74 Å². The van der Waals surface area contributed by atoms with Gasteiger partial charge in [0.15, 0.2) is 0 Å². The second-order valence-electron chi connectivity index (χ2n) is 6.53. The molecule has 0 radical (unpaired) electrons. The molecule has 2 aromatic rings. The van der Waals surface area contributed by atoms with Gasteiger partial charge in [-0.15, -0.1) is 0 Å². The summed E-state index contributed by atoms with van der Waals surface area (Å²) in [5.74, 6) is -1.22. The summed E-state index contributed by atoms with van der Waals surface area (Å²) in [5.41, 5.74) is 3.02. The van der Waals surface area contributed by atoms with Crippen LogP contribution >= 0.6 is 0 Å². The molecule has 1 aliphatic rings. The third-order valence-electron chi connectivity index (χ3n) is 4.60. The van der Waals surface area contributed by atoms with Crippen LogP contribution in [0.5, 0.6) is 0 Å². The molecule has 2 unspecified atom stereocenters. The van der Waals surface area contributed by atoms with E-state index in [-0.39, 0.29) is 30.0 Å². The average Bonchev–Trinajstić information content (AvgIpc) is 2.96. The van der Waals surface area contributed by atoms with Crippen molar-refractivity contribution in [3.05, 3.63) is 65.7 Å². The number of hydrazine groups is 1. The predicted molar refractivity (Wildman–Crippen MR) is 96.4 cm³/mol. The summed E-state index contributed by atoms with van der Waals surface area (Å²) in [5, 5.41) is 1.48. The molecule has 1 fully saturated rings. The summed E-state index contributed by atoms with van der Waals surface area (Å²) in [6, 6.07) is 12.8. The van der Waals surface area contributed by atoms with E-state index < -0.39 is 17.7 Å². The lowest BCUT2D eigenvalue weighted by atomic mass is 9.99. The molecular weight excluding hydrogens is 373 g/mol. The molecule has 1 N–H and O–H groups in total. The third kappa shape index (κ3) is 4.33. The molecule has 148 valence electrons. The number of carbonyl (C=O) groups excluding carboxylic acids is 2. The Morgan fingerprint density at radius 2 is 1.75 bits per heavy atom. The lowest BCUT2D eigenvalue weighted by Gasteiger charge is -2.16. The highest BCUT2D eigenvalue weighted by Crippen LogP contribution is 2.29. The van der Waals surface area contributed by atoms with Crippen molar-refractivity contribution in [2.75, 3.05) is 11.6 Å². The number of nitrogens with one attached hydrogen (secondary N) is 1. The molecule has 5 nitrogen and oxygen atoms in total. The Morgan fingerprint density at radius 3 is 2.36 bits per heavy atom. The van der Waals surface area contributed by atoms with Crippen molar-refractivity contribution in [2.45, 2.75) is 25.6 Å². The second-order valence-corrected chi connectivity index (χ2v) is 6.53. The molecular formula is C20H19F3N2O3. The number of hydrogen-bond acceptors (Lipinski definition) is 4. The highest BCUT2D eigenvalue weighted by atomic mass is 19.4. The van der Waals surface area contributed by atoms with Crippen molar-refractivity contribution in [2.24, 2.45) is 5.92 Å². The molecule has 2 aromatic carbocycles. The Hall–Kier alpha value is -2.87. The molecule has 3 rings (SSSR count). The number of rotatable bonds is 5. The number of benzene rings is 2. The largest absolute Gasteiger partial charge is 0.462 e. The van der Waals surface area contributed by atoms with Gasteiger partial charge in [-0.1, -0.05) is 18.2 Å². The van der Waals surface area contributed by atoms with E-state index in [9.17, 15) is 22.8 Å². The van der Waals surface area contributed by atoms with Crippen LogP contribution in [0.2, 0.25) is 0 Å². The van der Waals surface area contributed by atoms with Crippen molar-refractivity contribution in [3.63, 3.8) is 0 Å². The SMILES string of the molecule is CC1NN(c2ccccc2)C(=O)C1CCOC(=O)c1ccc(C(F)(F)F)cc1. The van der Waals surface area contributed by atoms with Gasteiger partial charge in [-0.05, 0) is 49.7 Å². The summed E-state index contributed by atoms with van der Waals surface area (Å²) < 4.78 is 42.8. The highest BCUT2D eigenvalue weighted by molar-refractivity contribution is 5.96. The molecule has 0 bridgehead atoms. The average molecular weight is 392 g/mol. The number of esters is 1. The smallest absolute Gasteiger partial charge is 0.416 e. The van der Waals surface area contributed by atoms with Gasteiger partial charge >= 0.3 is 12.1 Å². The minimum atomic E-state index is -4.46. The first-order valence-electron chi connectivity index (χ1n) is 8.77. The van der Waals surface area contributed by atoms with Crippen LogP contribution < -0.4 is 10.4 Å². The van der Waals surface area contributed by atoms with Gasteiger partial charge in [-0.3, -0.25) is 4.79 Å². The Kier molecular flexibility index (Phi) is 5.69. The van der Waals surface area contributed by atoms with Crippen LogP contribution in [0.4, 0.5) is 18.9 Å². The van der Waals surface area contributed by atoms with E-state index in [1.54, 1.807) is 0 Å². The Morgan fingerprint density at radius 1 is 1.11 bits per heavy atom. The maximum absolute atomic E-state index is 12.6. The van der Waals surface area contributed by atoms with E-state index in [1.165, 1.54) is 5.01 Å². The summed E-state index contributed by atoms with van der Waals surface area (Å²) in [6.45, 7) is 1.86. The fraction of sp³-hybridized carbons (Fsp3) is 0.300. The highest BCUT2D eigenvalue weighted by Gasteiger charge is 2.38. The van der Waals surface area contributed by atoms with Gasteiger partial charge in [0.25, 0.3) is 0 Å². The van der Waals surface area contributed by atoms with Crippen molar-refractivity contribution in [1.29, 1.82) is 0 Å². The second kappa shape index (κ2) is 8.02. The Balaban J connectivity index is 1.54. The van der Waals surface area contributed by atoms with E-state index >= 15 is 0 Å². The van der Waals surface area contributed by atoms with Gasteiger partial charge in [0.1, 0.15) is 0 Å². The zero-order chi connectivity index (χ0) is 20.3. The van der Waals surface area contributed by atoms with Crippen LogP contribution in [0.3, 0.4) is 0 Å². The molecule has 1 aliphatic heterocycles. The summed E-state index contributed by atoms with van der Waals surface area (Å²) in [6.07, 6.45) is -4.15. The molecule has 0 aromatic heterocycles. The monoisotopic (exact) mass is 392 g/mol. The molecule has 2 atom stereocenters. The molecule has 0 aliphatic carbocycles. The van der Waals surface area contributed by atoms with Crippen LogP contribution in [0.15, 0.2) is 54.6 Å². The molecule has 0 saturated carbocycles. The van der Waals surface area contributed by atoms with Crippen molar-refractivity contribution < 1.29 is 27.5 Å². The van der Waals surface area contributed by atoms with Gasteiger partial charge in [-0.25, -0.2) is 15.2 Å². The summed E-state index contributed by atoms with van der Waals surface area (Å²) >= 11 is 0. The number of ether oxygens (including phenoxy) is 1. The zero-order valence-electron chi connectivity index (χ0n) is 15.1. The van der Waals surface area contributed by atoms with Crippen LogP contribution in [0.25, 0.3) is 0 Å². The van der Waals surface area contributed by atoms with Crippen LogP contribution in [0, 0.1) is 5.92 Å². The van der Waals surface area contributed by atoms with Crippen LogP contribution in [-0.4, -0.2) is 24.5 Å². The Labute approximate surface area is 160 Å².